The van der Waals surface area contributed by atoms with Gasteiger partial charge in [-0.25, -0.2) is 0 Å². The molecule has 0 aliphatic carbocycles. The van der Waals surface area contributed by atoms with Crippen molar-refractivity contribution in [3.63, 3.8) is 0 Å². The molecule has 0 saturated heterocycles. The quantitative estimate of drug-likeness (QED) is 0.430. The molecule has 0 aliphatic rings. The van der Waals surface area contributed by atoms with E-state index < -0.39 is 0 Å². The molecule has 2 nitrogen and oxygen atoms in total. The molecule has 0 aliphatic heterocycles. The van der Waals surface area contributed by atoms with Gasteiger partial charge in [0.1, 0.15) is 0 Å². The summed E-state index contributed by atoms with van der Waals surface area (Å²) < 4.78 is 0. The summed E-state index contributed by atoms with van der Waals surface area (Å²) in [7, 11) is 0. The van der Waals surface area contributed by atoms with Crippen LogP contribution in [0.2, 0.25) is 0 Å². The van der Waals surface area contributed by atoms with E-state index in [0.29, 0.717) is 6.42 Å². The lowest BCUT2D eigenvalue weighted by Crippen LogP contribution is -1.87. The van der Waals surface area contributed by atoms with Crippen LogP contribution in [0.25, 0.3) is 0 Å². The van der Waals surface area contributed by atoms with Gasteiger partial charge in [-0.05, 0) is 78.4 Å². The first-order chi connectivity index (χ1) is 11.3. The van der Waals surface area contributed by atoms with Crippen molar-refractivity contribution < 1.29 is 10.2 Å². The van der Waals surface area contributed by atoms with E-state index in [1.807, 2.05) is 13.0 Å². The predicted molar refractivity (Wildman–Crippen MR) is 104 cm³/mol. The van der Waals surface area contributed by atoms with Crippen molar-refractivity contribution in [2.75, 3.05) is 0 Å². The molecule has 0 fully saturated rings. The van der Waals surface area contributed by atoms with Crippen LogP contribution in [0.15, 0.2) is 47.1 Å². The second-order valence-corrected chi connectivity index (χ2v) is 6.96. The number of hydrogen-bond acceptors (Lipinski definition) is 2. The van der Waals surface area contributed by atoms with Gasteiger partial charge in [-0.3, -0.25) is 0 Å². The van der Waals surface area contributed by atoms with Gasteiger partial charge >= 0.3 is 0 Å². The molecular formula is C22H32O2. The van der Waals surface area contributed by atoms with Crippen molar-refractivity contribution >= 4 is 0 Å². The number of phenols is 2. The van der Waals surface area contributed by atoms with Crippen LogP contribution in [-0.4, -0.2) is 10.2 Å². The van der Waals surface area contributed by atoms with Crippen LogP contribution < -0.4 is 0 Å². The fourth-order valence-electron chi connectivity index (χ4n) is 2.61. The number of aryl methyl sites for hydroxylation is 1. The van der Waals surface area contributed by atoms with E-state index in [2.05, 4.69) is 45.9 Å². The molecule has 2 N–H and O–H groups in total. The molecule has 0 atom stereocenters. The van der Waals surface area contributed by atoms with Gasteiger partial charge in [0.25, 0.3) is 0 Å². The average Bonchev–Trinajstić information content (AvgIpc) is 2.49. The fraction of sp³-hybridized carbons (Fsp3) is 0.455. The highest BCUT2D eigenvalue weighted by atomic mass is 16.3. The summed E-state index contributed by atoms with van der Waals surface area (Å²) in [5.41, 5.74) is 5.87. The topological polar surface area (TPSA) is 40.5 Å². The van der Waals surface area contributed by atoms with Crippen molar-refractivity contribution in [1.82, 2.24) is 0 Å². The third-order valence-electron chi connectivity index (χ3n) is 4.11. The van der Waals surface area contributed by atoms with E-state index in [1.54, 1.807) is 6.07 Å². The largest absolute Gasteiger partial charge is 0.504 e. The molecule has 0 saturated carbocycles. The third kappa shape index (κ3) is 7.54. The Labute approximate surface area is 147 Å². The molecule has 0 spiro atoms. The van der Waals surface area contributed by atoms with Crippen LogP contribution in [0.4, 0.5) is 0 Å². The Hall–Kier alpha value is -1.96. The van der Waals surface area contributed by atoms with E-state index in [4.69, 9.17) is 0 Å². The first-order valence-corrected chi connectivity index (χ1v) is 8.75. The number of rotatable bonds is 8. The number of hydrogen-bond donors (Lipinski definition) is 2. The van der Waals surface area contributed by atoms with Crippen molar-refractivity contribution in [2.24, 2.45) is 0 Å². The van der Waals surface area contributed by atoms with Crippen LogP contribution in [0.1, 0.15) is 64.5 Å². The van der Waals surface area contributed by atoms with Gasteiger partial charge in [-0.2, -0.15) is 0 Å². The van der Waals surface area contributed by atoms with Gasteiger partial charge in [0, 0.05) is 5.56 Å². The number of phenolic OH excluding ortho intramolecular Hbond substituents is 2. The first kappa shape index (κ1) is 20.1. The maximum atomic E-state index is 9.91. The van der Waals surface area contributed by atoms with Gasteiger partial charge in [0.15, 0.2) is 11.5 Å². The van der Waals surface area contributed by atoms with Crippen LogP contribution in [0.5, 0.6) is 11.5 Å². The lowest BCUT2D eigenvalue weighted by Gasteiger charge is -2.07. The lowest BCUT2D eigenvalue weighted by molar-refractivity contribution is 0.400. The van der Waals surface area contributed by atoms with E-state index in [0.717, 1.165) is 36.8 Å². The smallest absolute Gasteiger partial charge is 0.161 e. The highest BCUT2D eigenvalue weighted by Crippen LogP contribution is 2.31. The Morgan fingerprint density at radius 3 is 2.08 bits per heavy atom. The Balaban J connectivity index is 2.49. The SMILES string of the molecule is CC(C)=CCCC(C)=CCCC(C)=CCc1cc(C)cc(O)c1O. The molecular weight excluding hydrogens is 296 g/mol. The lowest BCUT2D eigenvalue weighted by atomic mass is 10.0. The summed E-state index contributed by atoms with van der Waals surface area (Å²) in [4.78, 5) is 0. The maximum absolute atomic E-state index is 9.91. The predicted octanol–water partition coefficient (Wildman–Crippen LogP) is 6.37. The Bertz CT molecular complexity index is 630. The molecule has 0 aromatic heterocycles. The van der Waals surface area contributed by atoms with Crippen LogP contribution in [0.3, 0.4) is 0 Å². The van der Waals surface area contributed by atoms with Crippen LogP contribution in [-0.2, 0) is 6.42 Å². The molecule has 0 heterocycles. The molecule has 1 aromatic rings. The molecule has 0 unspecified atom stereocenters. The summed E-state index contributed by atoms with van der Waals surface area (Å²) in [5.74, 6) is -0.0364. The molecule has 1 rings (SSSR count). The van der Waals surface area contributed by atoms with Crippen LogP contribution in [0, 0.1) is 6.92 Å². The zero-order valence-electron chi connectivity index (χ0n) is 15.8. The molecule has 0 radical (unpaired) electrons. The zero-order valence-corrected chi connectivity index (χ0v) is 15.8. The molecule has 2 heteroatoms. The standard InChI is InChI=1S/C22H32O2/c1-16(2)8-6-9-17(3)10-7-11-18(4)12-13-20-14-19(5)15-21(23)22(20)24/h8,10,12,14-15,23-24H,6-7,9,11,13H2,1-5H3. The summed E-state index contributed by atoms with van der Waals surface area (Å²) >= 11 is 0. The average molecular weight is 328 g/mol. The summed E-state index contributed by atoms with van der Waals surface area (Å²) in [5, 5.41) is 19.6. The minimum absolute atomic E-state index is 0.000312. The second kappa shape index (κ2) is 10.0. The normalized spacial score (nSPS) is 12.4. The molecule has 0 bridgehead atoms. The van der Waals surface area contributed by atoms with E-state index >= 15 is 0 Å². The number of aromatic hydroxyl groups is 2. The molecule has 0 amide bonds. The Kier molecular flexibility index (Phi) is 8.39. The number of allylic oxidation sites excluding steroid dienone is 6. The van der Waals surface area contributed by atoms with Crippen molar-refractivity contribution in [1.29, 1.82) is 0 Å². The van der Waals surface area contributed by atoms with E-state index in [-0.39, 0.29) is 11.5 Å². The second-order valence-electron chi connectivity index (χ2n) is 6.96. The first-order valence-electron chi connectivity index (χ1n) is 8.75. The molecule has 132 valence electrons. The third-order valence-corrected chi connectivity index (χ3v) is 4.11. The molecule has 1 aromatic carbocycles. The summed E-state index contributed by atoms with van der Waals surface area (Å²) in [6, 6.07) is 3.50. The van der Waals surface area contributed by atoms with Gasteiger partial charge in [-0.15, -0.1) is 0 Å². The molecule has 24 heavy (non-hydrogen) atoms. The summed E-state index contributed by atoms with van der Waals surface area (Å²) in [6.07, 6.45) is 11.7. The van der Waals surface area contributed by atoms with Gasteiger partial charge in [0.05, 0.1) is 0 Å². The van der Waals surface area contributed by atoms with Crippen molar-refractivity contribution in [3.05, 3.63) is 58.2 Å². The van der Waals surface area contributed by atoms with E-state index in [9.17, 15) is 10.2 Å². The van der Waals surface area contributed by atoms with Gasteiger partial charge in [-0.1, -0.05) is 41.0 Å². The Morgan fingerprint density at radius 2 is 1.46 bits per heavy atom. The van der Waals surface area contributed by atoms with Gasteiger partial charge in [0.2, 0.25) is 0 Å². The van der Waals surface area contributed by atoms with Crippen molar-refractivity contribution in [3.8, 4) is 11.5 Å². The minimum atomic E-state index is -0.0361. The monoisotopic (exact) mass is 328 g/mol. The van der Waals surface area contributed by atoms with Crippen molar-refractivity contribution in [2.45, 2.75) is 66.7 Å². The van der Waals surface area contributed by atoms with E-state index in [1.165, 1.54) is 16.7 Å². The zero-order chi connectivity index (χ0) is 18.1. The maximum Gasteiger partial charge on any atom is 0.161 e. The Morgan fingerprint density at radius 1 is 0.875 bits per heavy atom. The number of benzene rings is 1. The highest BCUT2D eigenvalue weighted by molar-refractivity contribution is 5.48. The van der Waals surface area contributed by atoms with Crippen LogP contribution >= 0.6 is 0 Å². The van der Waals surface area contributed by atoms with Gasteiger partial charge < -0.3 is 10.2 Å². The summed E-state index contributed by atoms with van der Waals surface area (Å²) in [6.45, 7) is 10.5. The highest BCUT2D eigenvalue weighted by Gasteiger charge is 2.06. The minimum Gasteiger partial charge on any atom is -0.504 e. The fourth-order valence-corrected chi connectivity index (χ4v) is 2.61.